The summed E-state index contributed by atoms with van der Waals surface area (Å²) in [6, 6.07) is 8.04. The predicted molar refractivity (Wildman–Crippen MR) is 125 cm³/mol. The number of anilines is 1. The van der Waals surface area contributed by atoms with Crippen LogP contribution in [0, 0.1) is 0 Å². The molecular weight excluding hydrogens is 398 g/mol. The van der Waals surface area contributed by atoms with Crippen LogP contribution in [0.5, 0.6) is 0 Å². The molecule has 2 amide bonds. The zero-order chi connectivity index (χ0) is 22.8. The third kappa shape index (κ3) is 7.84. The highest BCUT2D eigenvalue weighted by atomic mass is 32.2. The van der Waals surface area contributed by atoms with Crippen molar-refractivity contribution in [3.05, 3.63) is 41.1 Å². The molecule has 0 aliphatic rings. The van der Waals surface area contributed by atoms with Gasteiger partial charge in [-0.25, -0.2) is 4.79 Å². The summed E-state index contributed by atoms with van der Waals surface area (Å²) in [7, 11) is 3.63. The van der Waals surface area contributed by atoms with Crippen molar-refractivity contribution in [2.75, 3.05) is 12.4 Å². The van der Waals surface area contributed by atoms with Crippen molar-refractivity contribution in [1.82, 2.24) is 19.8 Å². The minimum absolute atomic E-state index is 0.299. The number of hydrogen-bond acceptors (Lipinski definition) is 5. The van der Waals surface area contributed by atoms with Crippen LogP contribution in [0.25, 0.3) is 0 Å². The number of aldehydes is 1. The SMILES string of the molecule is CC(C)c1cccc(C(C)C)c1NC(=O)NSc1cc(C=O)n(C)n1.CNC(C)C. The van der Waals surface area contributed by atoms with Crippen LogP contribution in [0.4, 0.5) is 10.5 Å². The van der Waals surface area contributed by atoms with E-state index in [1.165, 1.54) is 4.68 Å². The second-order valence-corrected chi connectivity index (χ2v) is 8.70. The Hall–Kier alpha value is -2.32. The lowest BCUT2D eigenvalue weighted by atomic mass is 9.93. The molecule has 2 aromatic rings. The molecule has 1 heterocycles. The molecule has 0 spiro atoms. The second-order valence-electron chi connectivity index (χ2n) is 7.87. The molecule has 2 rings (SSSR count). The number of urea groups is 1. The van der Waals surface area contributed by atoms with E-state index in [0.29, 0.717) is 28.6 Å². The molecule has 0 unspecified atom stereocenters. The van der Waals surface area contributed by atoms with Gasteiger partial charge in [-0.3, -0.25) is 14.2 Å². The van der Waals surface area contributed by atoms with Crippen molar-refractivity contribution in [2.45, 2.75) is 64.4 Å². The Kier molecular flexibility index (Phi) is 10.6. The van der Waals surface area contributed by atoms with Gasteiger partial charge in [0.05, 0.1) is 0 Å². The van der Waals surface area contributed by atoms with Crippen LogP contribution in [0.15, 0.2) is 29.3 Å². The maximum Gasteiger partial charge on any atom is 0.329 e. The normalized spacial score (nSPS) is 10.8. The molecule has 8 heteroatoms. The number of hydrogen-bond donors (Lipinski definition) is 3. The summed E-state index contributed by atoms with van der Waals surface area (Å²) in [5.41, 5.74) is 3.53. The fourth-order valence-electron chi connectivity index (χ4n) is 2.55. The topological polar surface area (TPSA) is 88.1 Å². The number of para-hydroxylation sites is 1. The molecule has 166 valence electrons. The number of nitrogens with zero attached hydrogens (tertiary/aromatic N) is 2. The van der Waals surface area contributed by atoms with Gasteiger partial charge in [-0.05, 0) is 30.0 Å². The van der Waals surface area contributed by atoms with Gasteiger partial charge in [-0.15, -0.1) is 0 Å². The van der Waals surface area contributed by atoms with E-state index in [1.54, 1.807) is 13.1 Å². The quantitative estimate of drug-likeness (QED) is 0.426. The van der Waals surface area contributed by atoms with Gasteiger partial charge in [0.15, 0.2) is 6.29 Å². The molecule has 0 aliphatic heterocycles. The Morgan fingerprint density at radius 2 is 1.63 bits per heavy atom. The molecule has 30 heavy (non-hydrogen) atoms. The van der Waals surface area contributed by atoms with E-state index < -0.39 is 0 Å². The highest BCUT2D eigenvalue weighted by Crippen LogP contribution is 2.32. The number of amides is 2. The standard InChI is InChI=1S/C18H24N4O2S.C4H11N/c1-11(2)14-7-6-8-15(12(3)4)17(14)19-18(24)21-25-16-9-13(10-23)22(5)20-16;1-4(2)5-3/h6-12H,1-5H3,(H2,19,21,24);4-5H,1-3H3. The summed E-state index contributed by atoms with van der Waals surface area (Å²) in [5, 5.41) is 10.7. The molecule has 0 atom stereocenters. The van der Waals surface area contributed by atoms with E-state index in [1.807, 2.05) is 25.2 Å². The zero-order valence-corrected chi connectivity index (χ0v) is 20.1. The van der Waals surface area contributed by atoms with Crippen LogP contribution in [-0.4, -0.2) is 35.2 Å². The zero-order valence-electron chi connectivity index (χ0n) is 19.2. The van der Waals surface area contributed by atoms with Gasteiger partial charge < -0.3 is 10.6 Å². The minimum Gasteiger partial charge on any atom is -0.318 e. The Morgan fingerprint density at radius 1 is 1.10 bits per heavy atom. The molecule has 0 fully saturated rings. The lowest BCUT2D eigenvalue weighted by molar-refractivity contribution is 0.111. The minimum atomic E-state index is -0.321. The number of aryl methyl sites for hydroxylation is 1. The van der Waals surface area contributed by atoms with Gasteiger partial charge in [-0.1, -0.05) is 59.7 Å². The lowest BCUT2D eigenvalue weighted by Crippen LogP contribution is -2.24. The number of carbonyl (C=O) groups excluding carboxylic acids is 2. The van der Waals surface area contributed by atoms with Gasteiger partial charge in [-0.2, -0.15) is 5.10 Å². The van der Waals surface area contributed by atoms with E-state index in [0.717, 1.165) is 35.0 Å². The molecule has 1 aromatic heterocycles. The first-order valence-electron chi connectivity index (χ1n) is 10.1. The Bertz CT molecular complexity index is 805. The third-order valence-corrected chi connectivity index (χ3v) is 5.15. The average Bonchev–Trinajstić information content (AvgIpc) is 3.06. The van der Waals surface area contributed by atoms with E-state index in [2.05, 4.69) is 62.0 Å². The van der Waals surface area contributed by atoms with Crippen LogP contribution in [-0.2, 0) is 7.05 Å². The summed E-state index contributed by atoms with van der Waals surface area (Å²) < 4.78 is 4.19. The molecular formula is C22H35N5O2S. The van der Waals surface area contributed by atoms with Crippen molar-refractivity contribution in [3.8, 4) is 0 Å². The van der Waals surface area contributed by atoms with Crippen molar-refractivity contribution in [1.29, 1.82) is 0 Å². The predicted octanol–water partition coefficient (Wildman–Crippen LogP) is 4.92. The van der Waals surface area contributed by atoms with Gasteiger partial charge in [0.25, 0.3) is 0 Å². The van der Waals surface area contributed by atoms with Crippen LogP contribution < -0.4 is 15.4 Å². The van der Waals surface area contributed by atoms with Gasteiger partial charge in [0, 0.05) is 36.8 Å². The van der Waals surface area contributed by atoms with Crippen LogP contribution in [0.1, 0.15) is 75.0 Å². The highest BCUT2D eigenvalue weighted by Gasteiger charge is 2.16. The molecule has 0 bridgehead atoms. The van der Waals surface area contributed by atoms with Crippen LogP contribution >= 0.6 is 11.9 Å². The number of carbonyl (C=O) groups is 2. The molecule has 7 nitrogen and oxygen atoms in total. The van der Waals surface area contributed by atoms with E-state index in [4.69, 9.17) is 0 Å². The Morgan fingerprint density at radius 3 is 2.03 bits per heavy atom. The fraction of sp³-hybridized carbons (Fsp3) is 0.500. The number of benzene rings is 1. The molecule has 0 aliphatic carbocycles. The molecule has 1 aromatic carbocycles. The number of nitrogens with one attached hydrogen (secondary N) is 3. The monoisotopic (exact) mass is 433 g/mol. The summed E-state index contributed by atoms with van der Waals surface area (Å²) >= 11 is 1.07. The first-order valence-corrected chi connectivity index (χ1v) is 10.9. The van der Waals surface area contributed by atoms with Gasteiger partial charge in [0.1, 0.15) is 10.7 Å². The molecule has 3 N–H and O–H groups in total. The van der Waals surface area contributed by atoms with E-state index >= 15 is 0 Å². The fourth-order valence-corrected chi connectivity index (χ4v) is 3.14. The highest BCUT2D eigenvalue weighted by molar-refractivity contribution is 7.97. The smallest absolute Gasteiger partial charge is 0.318 e. The lowest BCUT2D eigenvalue weighted by Gasteiger charge is -2.20. The summed E-state index contributed by atoms with van der Waals surface area (Å²) in [6.07, 6.45) is 0.727. The number of rotatable bonds is 7. The maximum absolute atomic E-state index is 12.3. The van der Waals surface area contributed by atoms with Gasteiger partial charge in [0.2, 0.25) is 0 Å². The molecule has 0 saturated heterocycles. The number of aromatic nitrogens is 2. The van der Waals surface area contributed by atoms with Gasteiger partial charge >= 0.3 is 6.03 Å². The van der Waals surface area contributed by atoms with Crippen molar-refractivity contribution >= 4 is 30.0 Å². The summed E-state index contributed by atoms with van der Waals surface area (Å²) in [4.78, 5) is 23.2. The maximum atomic E-state index is 12.3. The van der Waals surface area contributed by atoms with E-state index in [9.17, 15) is 9.59 Å². The molecule has 0 radical (unpaired) electrons. The largest absolute Gasteiger partial charge is 0.329 e. The second kappa shape index (κ2) is 12.4. The summed E-state index contributed by atoms with van der Waals surface area (Å²) in [6.45, 7) is 12.6. The summed E-state index contributed by atoms with van der Waals surface area (Å²) in [5.74, 6) is 0.597. The van der Waals surface area contributed by atoms with Crippen molar-refractivity contribution in [3.63, 3.8) is 0 Å². The van der Waals surface area contributed by atoms with E-state index in [-0.39, 0.29) is 6.03 Å². The first kappa shape index (κ1) is 25.7. The average molecular weight is 434 g/mol. The van der Waals surface area contributed by atoms with Crippen LogP contribution in [0.2, 0.25) is 0 Å². The van der Waals surface area contributed by atoms with Crippen molar-refractivity contribution in [2.24, 2.45) is 7.05 Å². The van der Waals surface area contributed by atoms with Crippen molar-refractivity contribution < 1.29 is 9.59 Å². The Labute approximate surface area is 184 Å². The Balaban J connectivity index is 0.000000804. The molecule has 0 saturated carbocycles. The third-order valence-electron chi connectivity index (χ3n) is 4.45. The van der Waals surface area contributed by atoms with Crippen LogP contribution in [0.3, 0.4) is 0 Å². The first-order chi connectivity index (χ1) is 14.1.